The first-order chi connectivity index (χ1) is 11.4. The van der Waals surface area contributed by atoms with Crippen LogP contribution in [0, 0.1) is 0 Å². The van der Waals surface area contributed by atoms with Crippen molar-refractivity contribution in [3.8, 4) is 0 Å². The zero-order valence-corrected chi connectivity index (χ0v) is 16.4. The second-order valence-electron chi connectivity index (χ2n) is 8.24. The van der Waals surface area contributed by atoms with Crippen LogP contribution in [-0.2, 0) is 20.4 Å². The van der Waals surface area contributed by atoms with Gasteiger partial charge in [-0.25, -0.2) is 0 Å². The lowest BCUT2D eigenvalue weighted by atomic mass is 9.64. The lowest BCUT2D eigenvalue weighted by molar-refractivity contribution is -0.134. The van der Waals surface area contributed by atoms with Crippen LogP contribution in [-0.4, -0.2) is 38.3 Å². The Morgan fingerprint density at radius 3 is 2.44 bits per heavy atom. The van der Waals surface area contributed by atoms with Crippen molar-refractivity contribution in [1.29, 1.82) is 0 Å². The number of halogens is 1. The zero-order valence-electron chi connectivity index (χ0n) is 15.6. The lowest BCUT2D eigenvalue weighted by Crippen LogP contribution is -2.52. The standard InChI is InChI=1S/C20H30N2O2.ClH/c1-19(2,3)15-5-7-16(8-6-15)20(9-4-10-20)14-22-18(23)17-13-21-11-12-24-17;/h5-8,17,21H,4,9-14H2,1-3H3,(H,22,23);1H. The van der Waals surface area contributed by atoms with E-state index in [1.807, 2.05) is 0 Å². The van der Waals surface area contributed by atoms with Crippen LogP contribution < -0.4 is 10.6 Å². The number of hydrogen-bond acceptors (Lipinski definition) is 3. The highest BCUT2D eigenvalue weighted by molar-refractivity contribution is 5.85. The van der Waals surface area contributed by atoms with Gasteiger partial charge in [-0.1, -0.05) is 51.5 Å². The molecule has 0 spiro atoms. The Bertz CT molecular complexity index is 570. The summed E-state index contributed by atoms with van der Waals surface area (Å²) in [5.74, 6) is 0.0137. The molecule has 1 heterocycles. The van der Waals surface area contributed by atoms with Crippen LogP contribution >= 0.6 is 12.4 Å². The van der Waals surface area contributed by atoms with Crippen molar-refractivity contribution in [2.45, 2.75) is 57.0 Å². The summed E-state index contributed by atoms with van der Waals surface area (Å²) in [6.07, 6.45) is 3.18. The minimum atomic E-state index is -0.348. The van der Waals surface area contributed by atoms with Gasteiger partial charge in [0, 0.05) is 25.0 Å². The highest BCUT2D eigenvalue weighted by Gasteiger charge is 2.39. The monoisotopic (exact) mass is 366 g/mol. The Balaban J connectivity index is 0.00000225. The van der Waals surface area contributed by atoms with Gasteiger partial charge in [0.2, 0.25) is 5.91 Å². The molecule has 1 aromatic rings. The number of rotatable bonds is 4. The first kappa shape index (κ1) is 20.2. The molecular formula is C20H31ClN2O2. The summed E-state index contributed by atoms with van der Waals surface area (Å²) < 4.78 is 5.54. The van der Waals surface area contributed by atoms with Crippen LogP contribution in [0.5, 0.6) is 0 Å². The molecule has 0 radical (unpaired) electrons. The molecule has 5 heteroatoms. The van der Waals surface area contributed by atoms with E-state index in [9.17, 15) is 4.79 Å². The maximum absolute atomic E-state index is 12.3. The number of morpholine rings is 1. The van der Waals surface area contributed by atoms with Crippen LogP contribution in [0.15, 0.2) is 24.3 Å². The van der Waals surface area contributed by atoms with Gasteiger partial charge in [0.15, 0.2) is 0 Å². The number of ether oxygens (including phenoxy) is 1. The van der Waals surface area contributed by atoms with Gasteiger partial charge in [-0.3, -0.25) is 4.79 Å². The first-order valence-corrected chi connectivity index (χ1v) is 9.12. The number of hydrogen-bond donors (Lipinski definition) is 2. The Hall–Kier alpha value is -1.10. The summed E-state index contributed by atoms with van der Waals surface area (Å²) >= 11 is 0. The molecule has 1 atom stereocenters. The summed E-state index contributed by atoms with van der Waals surface area (Å²) in [4.78, 5) is 12.3. The molecule has 2 aliphatic rings. The van der Waals surface area contributed by atoms with Gasteiger partial charge < -0.3 is 15.4 Å². The van der Waals surface area contributed by atoms with E-state index in [0.717, 1.165) is 19.4 Å². The summed E-state index contributed by atoms with van der Waals surface area (Å²) in [6, 6.07) is 8.99. The van der Waals surface area contributed by atoms with Crippen molar-refractivity contribution < 1.29 is 9.53 Å². The molecule has 1 aliphatic carbocycles. The van der Waals surface area contributed by atoms with E-state index in [-0.39, 0.29) is 35.2 Å². The number of carbonyl (C=O) groups is 1. The zero-order chi connectivity index (χ0) is 17.2. The maximum atomic E-state index is 12.3. The highest BCUT2D eigenvalue weighted by Crippen LogP contribution is 2.43. The summed E-state index contributed by atoms with van der Waals surface area (Å²) in [5.41, 5.74) is 2.98. The molecule has 1 unspecified atom stereocenters. The molecule has 0 bridgehead atoms. The Kier molecular flexibility index (Phi) is 6.52. The third kappa shape index (κ3) is 4.55. The molecule has 2 fully saturated rings. The third-order valence-electron chi connectivity index (χ3n) is 5.50. The molecule has 0 aromatic heterocycles. The molecule has 1 saturated heterocycles. The summed E-state index contributed by atoms with van der Waals surface area (Å²) in [6.45, 7) is 9.46. The molecule has 1 aromatic carbocycles. The van der Waals surface area contributed by atoms with Crippen LogP contribution in [0.2, 0.25) is 0 Å². The quantitative estimate of drug-likeness (QED) is 0.861. The molecule has 2 N–H and O–H groups in total. The van der Waals surface area contributed by atoms with Crippen molar-refractivity contribution >= 4 is 18.3 Å². The lowest BCUT2D eigenvalue weighted by Gasteiger charge is -2.43. The van der Waals surface area contributed by atoms with Gasteiger partial charge in [-0.05, 0) is 29.4 Å². The molecule has 1 aliphatic heterocycles. The number of nitrogens with one attached hydrogen (secondary N) is 2. The molecular weight excluding hydrogens is 336 g/mol. The van der Waals surface area contributed by atoms with Gasteiger partial charge in [-0.15, -0.1) is 12.4 Å². The average molecular weight is 367 g/mol. The smallest absolute Gasteiger partial charge is 0.250 e. The number of amides is 1. The maximum Gasteiger partial charge on any atom is 0.250 e. The fourth-order valence-corrected chi connectivity index (χ4v) is 3.60. The predicted molar refractivity (Wildman–Crippen MR) is 104 cm³/mol. The minimum Gasteiger partial charge on any atom is -0.366 e. The van der Waals surface area contributed by atoms with Crippen molar-refractivity contribution in [2.75, 3.05) is 26.2 Å². The van der Waals surface area contributed by atoms with Crippen LogP contribution in [0.25, 0.3) is 0 Å². The van der Waals surface area contributed by atoms with E-state index in [2.05, 4.69) is 55.7 Å². The van der Waals surface area contributed by atoms with Gasteiger partial charge in [0.1, 0.15) is 6.10 Å². The largest absolute Gasteiger partial charge is 0.366 e. The van der Waals surface area contributed by atoms with Crippen molar-refractivity contribution in [3.05, 3.63) is 35.4 Å². The topological polar surface area (TPSA) is 50.4 Å². The number of carbonyl (C=O) groups excluding carboxylic acids is 1. The number of benzene rings is 1. The van der Waals surface area contributed by atoms with E-state index in [1.54, 1.807) is 0 Å². The summed E-state index contributed by atoms with van der Waals surface area (Å²) in [7, 11) is 0. The molecule has 3 rings (SSSR count). The van der Waals surface area contributed by atoms with Crippen molar-refractivity contribution in [2.24, 2.45) is 0 Å². The normalized spacial score (nSPS) is 22.4. The van der Waals surface area contributed by atoms with E-state index in [1.165, 1.54) is 17.5 Å². The van der Waals surface area contributed by atoms with Crippen LogP contribution in [0.4, 0.5) is 0 Å². The molecule has 1 saturated carbocycles. The molecule has 1 amide bonds. The van der Waals surface area contributed by atoms with Crippen LogP contribution in [0.1, 0.15) is 51.2 Å². The second-order valence-corrected chi connectivity index (χ2v) is 8.24. The van der Waals surface area contributed by atoms with Crippen molar-refractivity contribution in [1.82, 2.24) is 10.6 Å². The van der Waals surface area contributed by atoms with Crippen molar-refractivity contribution in [3.63, 3.8) is 0 Å². The fraction of sp³-hybridized carbons (Fsp3) is 0.650. The van der Waals surface area contributed by atoms with Gasteiger partial charge in [0.05, 0.1) is 6.61 Å². The second kappa shape index (κ2) is 8.07. The molecule has 4 nitrogen and oxygen atoms in total. The van der Waals surface area contributed by atoms with E-state index in [4.69, 9.17) is 4.74 Å². The fourth-order valence-electron chi connectivity index (χ4n) is 3.60. The Morgan fingerprint density at radius 1 is 1.28 bits per heavy atom. The van der Waals surface area contributed by atoms with Gasteiger partial charge in [-0.2, -0.15) is 0 Å². The Labute approximate surface area is 157 Å². The molecule has 140 valence electrons. The van der Waals surface area contributed by atoms with Gasteiger partial charge in [0.25, 0.3) is 0 Å². The SMILES string of the molecule is CC(C)(C)c1ccc(C2(CNC(=O)C3CNCCO3)CCC2)cc1.Cl. The van der Waals surface area contributed by atoms with Crippen LogP contribution in [0.3, 0.4) is 0 Å². The minimum absolute atomic E-state index is 0. The summed E-state index contributed by atoms with van der Waals surface area (Å²) in [5, 5.41) is 6.34. The third-order valence-corrected chi connectivity index (χ3v) is 5.50. The molecule has 25 heavy (non-hydrogen) atoms. The van der Waals surface area contributed by atoms with Gasteiger partial charge >= 0.3 is 0 Å². The van der Waals surface area contributed by atoms with E-state index in [0.29, 0.717) is 19.7 Å². The highest BCUT2D eigenvalue weighted by atomic mass is 35.5. The van der Waals surface area contributed by atoms with E-state index >= 15 is 0 Å². The Morgan fingerprint density at radius 2 is 1.96 bits per heavy atom. The first-order valence-electron chi connectivity index (χ1n) is 9.12. The van der Waals surface area contributed by atoms with E-state index < -0.39 is 0 Å². The predicted octanol–water partition coefficient (Wildman–Crippen LogP) is 2.93. The average Bonchev–Trinajstić information content (AvgIpc) is 2.54.